The van der Waals surface area contributed by atoms with E-state index in [1.807, 2.05) is 11.8 Å². The fourth-order valence-electron chi connectivity index (χ4n) is 5.76. The summed E-state index contributed by atoms with van der Waals surface area (Å²) in [7, 11) is 1.60. The number of hydrogen-bond donors (Lipinski definition) is 1. The van der Waals surface area contributed by atoms with Gasteiger partial charge in [0.05, 0.1) is 26.2 Å². The number of amides is 4. The molecule has 1 N–H and O–H groups in total. The Balaban J connectivity index is 1.67. The lowest BCUT2D eigenvalue weighted by molar-refractivity contribution is -0.148. The molecule has 12 heteroatoms. The number of rotatable bonds is 13. The molecule has 4 atom stereocenters. The van der Waals surface area contributed by atoms with Gasteiger partial charge in [0.2, 0.25) is 23.6 Å². The van der Waals surface area contributed by atoms with Crippen LogP contribution in [0.5, 0.6) is 0 Å². The van der Waals surface area contributed by atoms with Gasteiger partial charge >= 0.3 is 0 Å². The number of likely N-dealkylation sites (N-methyl/N-ethyl adjacent to an activating group) is 1. The molecular formula is C27H45N5O7. The van der Waals surface area contributed by atoms with Crippen molar-refractivity contribution < 1.29 is 33.4 Å². The maximum atomic E-state index is 13.6. The summed E-state index contributed by atoms with van der Waals surface area (Å²) in [5.74, 6) is -1.03. The van der Waals surface area contributed by atoms with Crippen molar-refractivity contribution >= 4 is 30.1 Å². The monoisotopic (exact) mass is 551 g/mol. The number of carbonyl (C=O) groups is 5. The molecule has 3 aliphatic rings. The molecule has 4 amide bonds. The number of nitrogens with one attached hydrogen (secondary N) is 1. The van der Waals surface area contributed by atoms with E-state index < -0.39 is 18.1 Å². The van der Waals surface area contributed by atoms with Crippen molar-refractivity contribution in [3.05, 3.63) is 0 Å². The number of morpholine rings is 1. The number of ether oxygens (including phenoxy) is 2. The molecule has 0 aliphatic carbocycles. The lowest BCUT2D eigenvalue weighted by Crippen LogP contribution is -2.56. The first-order valence-electron chi connectivity index (χ1n) is 14.3. The summed E-state index contributed by atoms with van der Waals surface area (Å²) < 4.78 is 10.1. The maximum absolute atomic E-state index is 13.6. The quantitative estimate of drug-likeness (QED) is 0.250. The highest BCUT2D eigenvalue weighted by molar-refractivity contribution is 5.94. The van der Waals surface area contributed by atoms with Crippen LogP contribution in [0.15, 0.2) is 0 Å². The summed E-state index contributed by atoms with van der Waals surface area (Å²) in [6, 6.07) is -2.00. The van der Waals surface area contributed by atoms with Gasteiger partial charge in [0.25, 0.3) is 6.47 Å². The van der Waals surface area contributed by atoms with Gasteiger partial charge in [-0.3, -0.25) is 28.9 Å². The molecule has 0 radical (unpaired) electrons. The van der Waals surface area contributed by atoms with Gasteiger partial charge in [0.1, 0.15) is 18.1 Å². The number of nitrogens with zero attached hydrogens (tertiary/aromatic N) is 4. The Morgan fingerprint density at radius 2 is 1.77 bits per heavy atom. The van der Waals surface area contributed by atoms with Gasteiger partial charge < -0.3 is 29.5 Å². The van der Waals surface area contributed by atoms with Gasteiger partial charge in [-0.2, -0.15) is 0 Å². The van der Waals surface area contributed by atoms with Crippen LogP contribution in [0.2, 0.25) is 0 Å². The molecule has 3 heterocycles. The second-order valence-corrected chi connectivity index (χ2v) is 10.8. The largest absolute Gasteiger partial charge is 0.467 e. The fraction of sp³-hybridized carbons (Fsp3) is 0.815. The predicted molar refractivity (Wildman–Crippen MR) is 142 cm³/mol. The van der Waals surface area contributed by atoms with Gasteiger partial charge in [0, 0.05) is 39.3 Å². The fourth-order valence-corrected chi connectivity index (χ4v) is 5.76. The highest BCUT2D eigenvalue weighted by Crippen LogP contribution is 2.22. The number of likely N-dealkylation sites (tertiary alicyclic amines) is 2. The molecule has 39 heavy (non-hydrogen) atoms. The zero-order valence-corrected chi connectivity index (χ0v) is 23.6. The Labute approximate surface area is 231 Å². The van der Waals surface area contributed by atoms with Crippen LogP contribution in [0.4, 0.5) is 0 Å². The third-order valence-electron chi connectivity index (χ3n) is 8.10. The van der Waals surface area contributed by atoms with Crippen LogP contribution >= 0.6 is 0 Å². The molecule has 0 spiro atoms. The van der Waals surface area contributed by atoms with E-state index >= 15 is 0 Å². The minimum absolute atomic E-state index is 0.00421. The topological polar surface area (TPSA) is 129 Å². The van der Waals surface area contributed by atoms with Crippen LogP contribution in [0.1, 0.15) is 58.8 Å². The van der Waals surface area contributed by atoms with Crippen LogP contribution in [0.3, 0.4) is 0 Å². The van der Waals surface area contributed by atoms with E-state index in [-0.39, 0.29) is 42.7 Å². The molecule has 0 aromatic heterocycles. The first-order chi connectivity index (χ1) is 18.7. The van der Waals surface area contributed by atoms with Crippen molar-refractivity contribution in [2.75, 3.05) is 59.6 Å². The minimum atomic E-state index is -0.777. The van der Waals surface area contributed by atoms with E-state index in [4.69, 9.17) is 4.74 Å². The highest BCUT2D eigenvalue weighted by atomic mass is 16.5. The van der Waals surface area contributed by atoms with Crippen molar-refractivity contribution in [1.29, 1.82) is 0 Å². The molecule has 3 rings (SSSR count). The first kappa shape index (κ1) is 30.8. The average Bonchev–Trinajstić information content (AvgIpc) is 3.60. The van der Waals surface area contributed by atoms with Crippen molar-refractivity contribution in [3.63, 3.8) is 0 Å². The molecule has 3 saturated heterocycles. The van der Waals surface area contributed by atoms with Crippen LogP contribution in [-0.2, 0) is 33.4 Å². The van der Waals surface area contributed by atoms with Crippen LogP contribution in [0.25, 0.3) is 0 Å². The molecule has 220 valence electrons. The van der Waals surface area contributed by atoms with Gasteiger partial charge in [-0.25, -0.2) is 0 Å². The Morgan fingerprint density at radius 1 is 1.08 bits per heavy atom. The van der Waals surface area contributed by atoms with Crippen LogP contribution in [0, 0.1) is 0 Å². The van der Waals surface area contributed by atoms with Gasteiger partial charge in [0.15, 0.2) is 0 Å². The van der Waals surface area contributed by atoms with E-state index in [0.717, 1.165) is 32.5 Å². The lowest BCUT2D eigenvalue weighted by atomic mass is 10.1. The molecule has 3 aliphatic heterocycles. The second kappa shape index (κ2) is 15.2. The summed E-state index contributed by atoms with van der Waals surface area (Å²) in [5, 5.41) is 2.87. The summed E-state index contributed by atoms with van der Waals surface area (Å²) in [6.45, 7) is 8.89. The molecule has 0 aromatic carbocycles. The molecular weight excluding hydrogens is 506 g/mol. The molecule has 4 unspecified atom stereocenters. The van der Waals surface area contributed by atoms with Crippen molar-refractivity contribution in [2.45, 2.75) is 83.0 Å². The molecule has 3 fully saturated rings. The van der Waals surface area contributed by atoms with Crippen LogP contribution < -0.4 is 5.32 Å². The molecule has 12 nitrogen and oxygen atoms in total. The maximum Gasteiger partial charge on any atom is 0.293 e. The second-order valence-electron chi connectivity index (χ2n) is 10.8. The SMILES string of the molecule is CC(NC(=O)C(CCCN1CCOCC1)N(C)C(=O)C1CCCN1C(=O)CCOC=O)C(=O)N1CCCC1C. The lowest BCUT2D eigenvalue weighted by Gasteiger charge is -2.34. The Kier molecular flexibility index (Phi) is 12.0. The zero-order chi connectivity index (χ0) is 28.4. The van der Waals surface area contributed by atoms with Crippen molar-refractivity contribution in [2.24, 2.45) is 0 Å². The summed E-state index contributed by atoms with van der Waals surface area (Å²) in [6.07, 6.45) is 4.21. The number of carbonyl (C=O) groups excluding carboxylic acids is 5. The highest BCUT2D eigenvalue weighted by Gasteiger charge is 2.39. The van der Waals surface area contributed by atoms with E-state index in [0.29, 0.717) is 58.5 Å². The third kappa shape index (κ3) is 8.38. The Morgan fingerprint density at radius 3 is 2.44 bits per heavy atom. The Hall–Kier alpha value is -2.73. The number of hydrogen-bond acceptors (Lipinski definition) is 8. The van der Waals surface area contributed by atoms with E-state index in [2.05, 4.69) is 15.0 Å². The smallest absolute Gasteiger partial charge is 0.293 e. The summed E-state index contributed by atoms with van der Waals surface area (Å²) in [4.78, 5) is 70.4. The van der Waals surface area contributed by atoms with Crippen LogP contribution in [-0.4, -0.2) is 133 Å². The zero-order valence-electron chi connectivity index (χ0n) is 23.6. The Bertz CT molecular complexity index is 865. The molecule has 0 aromatic rings. The van der Waals surface area contributed by atoms with E-state index in [1.165, 1.54) is 9.80 Å². The molecule has 0 saturated carbocycles. The van der Waals surface area contributed by atoms with E-state index in [9.17, 15) is 24.0 Å². The van der Waals surface area contributed by atoms with Gasteiger partial charge in [-0.15, -0.1) is 0 Å². The third-order valence-corrected chi connectivity index (χ3v) is 8.10. The van der Waals surface area contributed by atoms with Gasteiger partial charge in [-0.1, -0.05) is 0 Å². The average molecular weight is 552 g/mol. The summed E-state index contributed by atoms with van der Waals surface area (Å²) >= 11 is 0. The predicted octanol–water partition coefficient (Wildman–Crippen LogP) is -0.00450. The van der Waals surface area contributed by atoms with Crippen molar-refractivity contribution in [3.8, 4) is 0 Å². The standard InChI is InChI=1S/C27H45N5O7/c1-20-7-4-12-31(20)26(36)21(2)28-25(35)22(8-5-11-30-14-17-38-18-15-30)29(3)27(37)23-9-6-13-32(23)24(34)10-16-39-19-33/h19-23H,4-18H2,1-3H3,(H,28,35). The normalized spacial score (nSPS) is 23.3. The van der Waals surface area contributed by atoms with Crippen molar-refractivity contribution in [1.82, 2.24) is 24.9 Å². The first-order valence-corrected chi connectivity index (χ1v) is 14.3. The van der Waals surface area contributed by atoms with E-state index in [1.54, 1.807) is 14.0 Å². The van der Waals surface area contributed by atoms with Gasteiger partial charge in [-0.05, 0) is 58.9 Å². The molecule has 0 bridgehead atoms. The summed E-state index contributed by atoms with van der Waals surface area (Å²) in [5.41, 5.74) is 0. The minimum Gasteiger partial charge on any atom is -0.467 e.